The molecule has 3 atom stereocenters. The largest absolute Gasteiger partial charge is 0.445 e. The van der Waals surface area contributed by atoms with Gasteiger partial charge in [0.2, 0.25) is 5.91 Å². The van der Waals surface area contributed by atoms with Crippen LogP contribution in [-0.2, 0) is 16.1 Å². The van der Waals surface area contributed by atoms with Crippen LogP contribution >= 0.6 is 0 Å². The second-order valence-electron chi connectivity index (χ2n) is 7.90. The van der Waals surface area contributed by atoms with Crippen LogP contribution in [0.2, 0.25) is 0 Å². The van der Waals surface area contributed by atoms with Gasteiger partial charge in [-0.15, -0.1) is 0 Å². The van der Waals surface area contributed by atoms with Crippen LogP contribution in [0.25, 0.3) is 0 Å². The molecular formula is C21H32N2O4. The van der Waals surface area contributed by atoms with Gasteiger partial charge in [0.05, 0.1) is 12.1 Å². The van der Waals surface area contributed by atoms with Crippen molar-refractivity contribution in [2.75, 3.05) is 6.54 Å². The normalized spacial score (nSPS) is 19.2. The number of nitrogens with zero attached hydrogens (tertiary/aromatic N) is 1. The molecule has 0 radical (unpaired) electrons. The fourth-order valence-electron chi connectivity index (χ4n) is 3.45. The number of likely N-dealkylation sites (tertiary alicyclic amines) is 1. The minimum atomic E-state index is -0.673. The minimum Gasteiger partial charge on any atom is -0.445 e. The van der Waals surface area contributed by atoms with Crippen molar-refractivity contribution in [3.63, 3.8) is 0 Å². The zero-order valence-corrected chi connectivity index (χ0v) is 16.7. The summed E-state index contributed by atoms with van der Waals surface area (Å²) in [6.07, 6.45) is 0.484. The summed E-state index contributed by atoms with van der Waals surface area (Å²) >= 11 is 0. The van der Waals surface area contributed by atoms with Gasteiger partial charge in [-0.2, -0.15) is 0 Å². The molecule has 6 heteroatoms. The average Bonchev–Trinajstić information content (AvgIpc) is 3.13. The number of aliphatic hydroxyl groups is 1. The maximum Gasteiger partial charge on any atom is 0.408 e. The third-order valence-electron chi connectivity index (χ3n) is 5.08. The zero-order chi connectivity index (χ0) is 20.0. The van der Waals surface area contributed by atoms with Gasteiger partial charge < -0.3 is 20.1 Å². The highest BCUT2D eigenvalue weighted by Gasteiger charge is 2.39. The van der Waals surface area contributed by atoms with Gasteiger partial charge in [-0.1, -0.05) is 58.0 Å². The Morgan fingerprint density at radius 2 is 1.85 bits per heavy atom. The van der Waals surface area contributed by atoms with Gasteiger partial charge >= 0.3 is 6.09 Å². The molecule has 2 rings (SSSR count). The van der Waals surface area contributed by atoms with Crippen molar-refractivity contribution in [2.45, 2.75) is 65.3 Å². The maximum absolute atomic E-state index is 13.1. The van der Waals surface area contributed by atoms with Gasteiger partial charge in [0.15, 0.2) is 0 Å². The molecule has 150 valence electrons. The quantitative estimate of drug-likeness (QED) is 0.767. The molecule has 2 N–H and O–H groups in total. The third-order valence-corrected chi connectivity index (χ3v) is 5.08. The number of alkyl carbamates (subject to hydrolysis) is 1. The Balaban J connectivity index is 1.98. The maximum atomic E-state index is 13.1. The van der Waals surface area contributed by atoms with E-state index in [0.717, 1.165) is 18.4 Å². The smallest absolute Gasteiger partial charge is 0.408 e. The van der Waals surface area contributed by atoms with Crippen molar-refractivity contribution in [3.8, 4) is 0 Å². The van der Waals surface area contributed by atoms with E-state index in [1.54, 1.807) is 4.90 Å². The first-order chi connectivity index (χ1) is 12.8. The number of aliphatic hydroxyl groups excluding tert-OH is 1. The summed E-state index contributed by atoms with van der Waals surface area (Å²) in [7, 11) is 0. The van der Waals surface area contributed by atoms with Gasteiger partial charge in [-0.05, 0) is 30.2 Å². The van der Waals surface area contributed by atoms with Crippen LogP contribution in [0.3, 0.4) is 0 Å². The molecule has 1 aliphatic heterocycles. The van der Waals surface area contributed by atoms with Gasteiger partial charge in [0.25, 0.3) is 0 Å². The molecule has 0 saturated carbocycles. The van der Waals surface area contributed by atoms with E-state index >= 15 is 0 Å². The van der Waals surface area contributed by atoms with E-state index in [-0.39, 0.29) is 30.4 Å². The molecule has 1 heterocycles. The first-order valence-electron chi connectivity index (χ1n) is 9.77. The van der Waals surface area contributed by atoms with Crippen LogP contribution in [0.4, 0.5) is 4.79 Å². The number of nitrogens with one attached hydrogen (secondary N) is 1. The van der Waals surface area contributed by atoms with Crippen molar-refractivity contribution in [2.24, 2.45) is 11.8 Å². The summed E-state index contributed by atoms with van der Waals surface area (Å²) in [5, 5.41) is 13.2. The van der Waals surface area contributed by atoms with Crippen LogP contribution in [0.5, 0.6) is 0 Å². The lowest BCUT2D eigenvalue weighted by Gasteiger charge is -2.34. The predicted molar refractivity (Wildman–Crippen MR) is 104 cm³/mol. The Morgan fingerprint density at radius 1 is 1.19 bits per heavy atom. The summed E-state index contributed by atoms with van der Waals surface area (Å²) in [6, 6.07) is 8.54. The molecule has 0 unspecified atom stereocenters. The Bertz CT molecular complexity index is 618. The fraction of sp³-hybridized carbons (Fsp3) is 0.619. The lowest BCUT2D eigenvalue weighted by atomic mass is 9.96. The van der Waals surface area contributed by atoms with E-state index in [9.17, 15) is 14.7 Å². The van der Waals surface area contributed by atoms with Crippen molar-refractivity contribution in [1.82, 2.24) is 10.2 Å². The number of rotatable bonds is 7. The van der Waals surface area contributed by atoms with Crippen LogP contribution in [0.1, 0.15) is 46.1 Å². The lowest BCUT2D eigenvalue weighted by Crippen LogP contribution is -2.55. The van der Waals surface area contributed by atoms with E-state index in [0.29, 0.717) is 6.54 Å². The number of carbonyl (C=O) groups is 2. The molecule has 0 spiro atoms. The second kappa shape index (κ2) is 9.74. The van der Waals surface area contributed by atoms with E-state index in [1.807, 2.05) is 58.0 Å². The van der Waals surface area contributed by atoms with E-state index in [2.05, 4.69) is 5.32 Å². The van der Waals surface area contributed by atoms with Gasteiger partial charge in [0.1, 0.15) is 12.6 Å². The molecule has 0 aromatic heterocycles. The summed E-state index contributed by atoms with van der Waals surface area (Å²) in [6.45, 7) is 8.45. The van der Waals surface area contributed by atoms with Crippen LogP contribution in [-0.4, -0.2) is 46.7 Å². The summed E-state index contributed by atoms with van der Waals surface area (Å²) < 4.78 is 5.26. The van der Waals surface area contributed by atoms with Gasteiger partial charge in [-0.25, -0.2) is 4.79 Å². The number of amides is 2. The van der Waals surface area contributed by atoms with Crippen LogP contribution < -0.4 is 5.32 Å². The lowest BCUT2D eigenvalue weighted by molar-refractivity contribution is -0.138. The number of hydrogen-bond donors (Lipinski definition) is 2. The molecule has 1 aromatic rings. The molecule has 1 aliphatic rings. The first-order valence-corrected chi connectivity index (χ1v) is 9.77. The monoisotopic (exact) mass is 376 g/mol. The Kier molecular flexibility index (Phi) is 7.66. The first kappa shape index (κ1) is 21.2. The highest BCUT2D eigenvalue weighted by molar-refractivity contribution is 5.86. The average molecular weight is 376 g/mol. The van der Waals surface area contributed by atoms with E-state index in [1.165, 1.54) is 0 Å². The van der Waals surface area contributed by atoms with Crippen LogP contribution in [0, 0.1) is 11.8 Å². The standard InChI is InChI=1S/C21H32N2O4/c1-14(2)18(22-21(26)27-13-16-9-6-5-7-10-16)20(25)23-12-8-11-17(23)19(24)15(3)4/h5-7,9-10,14-15,17-19,24H,8,11-13H2,1-4H3,(H,22,26)/t17-,18-,19-/m0/s1. The van der Waals surface area contributed by atoms with Crippen molar-refractivity contribution in [1.29, 1.82) is 0 Å². The number of ether oxygens (including phenoxy) is 1. The SMILES string of the molecule is CC(C)[C@H](NC(=O)OCc1ccccc1)C(=O)N1CCC[C@H]1[C@@H](O)C(C)C. The molecule has 2 amide bonds. The molecule has 6 nitrogen and oxygen atoms in total. The Labute approximate surface area is 161 Å². The van der Waals surface area contributed by atoms with Gasteiger partial charge in [0, 0.05) is 6.54 Å². The molecule has 1 aromatic carbocycles. The topological polar surface area (TPSA) is 78.9 Å². The molecule has 1 saturated heterocycles. The van der Waals surface area contributed by atoms with Crippen molar-refractivity contribution < 1.29 is 19.4 Å². The summed E-state index contributed by atoms with van der Waals surface area (Å²) in [4.78, 5) is 27.0. The zero-order valence-electron chi connectivity index (χ0n) is 16.7. The highest BCUT2D eigenvalue weighted by Crippen LogP contribution is 2.25. The highest BCUT2D eigenvalue weighted by atomic mass is 16.5. The van der Waals surface area contributed by atoms with Crippen molar-refractivity contribution >= 4 is 12.0 Å². The molecule has 1 fully saturated rings. The summed E-state index contributed by atoms with van der Waals surface area (Å²) in [5.41, 5.74) is 0.889. The Morgan fingerprint density at radius 3 is 2.44 bits per heavy atom. The van der Waals surface area contributed by atoms with Gasteiger partial charge in [-0.3, -0.25) is 4.79 Å². The van der Waals surface area contributed by atoms with E-state index < -0.39 is 18.2 Å². The Hall–Kier alpha value is -2.08. The molecule has 0 bridgehead atoms. The number of benzene rings is 1. The predicted octanol–water partition coefficient (Wildman–Crippen LogP) is 2.95. The number of hydrogen-bond acceptors (Lipinski definition) is 4. The second-order valence-corrected chi connectivity index (χ2v) is 7.90. The summed E-state index contributed by atoms with van der Waals surface area (Å²) in [5.74, 6) is -0.159. The molecule has 27 heavy (non-hydrogen) atoms. The third kappa shape index (κ3) is 5.70. The molecule has 0 aliphatic carbocycles. The van der Waals surface area contributed by atoms with Crippen LogP contribution in [0.15, 0.2) is 30.3 Å². The molecular weight excluding hydrogens is 344 g/mol. The minimum absolute atomic E-state index is 0.0738. The van der Waals surface area contributed by atoms with Crippen molar-refractivity contribution in [3.05, 3.63) is 35.9 Å². The number of carbonyl (C=O) groups excluding carboxylic acids is 2. The van der Waals surface area contributed by atoms with E-state index in [4.69, 9.17) is 4.74 Å². The fourth-order valence-corrected chi connectivity index (χ4v) is 3.45.